The summed E-state index contributed by atoms with van der Waals surface area (Å²) in [6.07, 6.45) is 2.29. The first-order valence-corrected chi connectivity index (χ1v) is 7.93. The molecule has 0 spiro atoms. The van der Waals surface area contributed by atoms with E-state index in [2.05, 4.69) is 46.3 Å². The second kappa shape index (κ2) is 5.42. The van der Waals surface area contributed by atoms with Crippen molar-refractivity contribution in [2.75, 3.05) is 7.11 Å². The van der Waals surface area contributed by atoms with E-state index in [1.165, 1.54) is 5.56 Å². The molecule has 0 heterocycles. The van der Waals surface area contributed by atoms with Crippen LogP contribution in [0.3, 0.4) is 0 Å². The van der Waals surface area contributed by atoms with E-state index in [-0.39, 0.29) is 10.8 Å². The Kier molecular flexibility index (Phi) is 3.78. The highest BCUT2D eigenvalue weighted by molar-refractivity contribution is 9.10. The number of hydrogen-bond donors (Lipinski definition) is 0. The van der Waals surface area contributed by atoms with E-state index in [0.29, 0.717) is 0 Å². The van der Waals surface area contributed by atoms with Crippen LogP contribution in [0, 0.1) is 0 Å². The van der Waals surface area contributed by atoms with Gasteiger partial charge in [0.1, 0.15) is 5.75 Å². The lowest BCUT2D eigenvalue weighted by atomic mass is 9.88. The third-order valence-electron chi connectivity index (χ3n) is 4.10. The van der Waals surface area contributed by atoms with Crippen LogP contribution in [0.25, 0.3) is 0 Å². The minimum atomic E-state index is -0.0230. The molecule has 0 aromatic heterocycles. The van der Waals surface area contributed by atoms with Gasteiger partial charge in [0.15, 0.2) is 0 Å². The fourth-order valence-corrected chi connectivity index (χ4v) is 3.98. The molecule has 1 nitrogen and oxygen atoms in total. The molecule has 1 unspecified atom stereocenters. The van der Waals surface area contributed by atoms with Gasteiger partial charge >= 0.3 is 0 Å². The normalized spacial score (nSPS) is 17.6. The Morgan fingerprint density at radius 1 is 1.15 bits per heavy atom. The number of benzene rings is 2. The predicted octanol–water partition coefficient (Wildman–Crippen LogP) is 5.47. The highest BCUT2D eigenvalue weighted by atomic mass is 79.9. The van der Waals surface area contributed by atoms with Crippen molar-refractivity contribution >= 4 is 27.5 Å². The summed E-state index contributed by atoms with van der Waals surface area (Å²) >= 11 is 10.4. The van der Waals surface area contributed by atoms with Gasteiger partial charge in [0, 0.05) is 9.89 Å². The maximum absolute atomic E-state index is 6.82. The zero-order chi connectivity index (χ0) is 14.2. The van der Waals surface area contributed by atoms with Crippen molar-refractivity contribution in [3.63, 3.8) is 0 Å². The van der Waals surface area contributed by atoms with E-state index >= 15 is 0 Å². The summed E-state index contributed by atoms with van der Waals surface area (Å²) < 4.78 is 6.26. The van der Waals surface area contributed by atoms with E-state index in [0.717, 1.165) is 28.6 Å². The SMILES string of the molecule is COc1ccc(C(Cl)C2(c3ccccc3)CC2)c(Br)c1. The van der Waals surface area contributed by atoms with Gasteiger partial charge < -0.3 is 4.74 Å². The zero-order valence-corrected chi connectivity index (χ0v) is 13.6. The largest absolute Gasteiger partial charge is 0.497 e. The van der Waals surface area contributed by atoms with Gasteiger partial charge in [0.25, 0.3) is 0 Å². The first kappa shape index (κ1) is 14.0. The second-order valence-electron chi connectivity index (χ2n) is 5.27. The van der Waals surface area contributed by atoms with Crippen LogP contribution < -0.4 is 4.74 Å². The molecule has 0 saturated heterocycles. The molecule has 0 bridgehead atoms. The van der Waals surface area contributed by atoms with Gasteiger partial charge in [-0.05, 0) is 36.1 Å². The van der Waals surface area contributed by atoms with E-state index in [4.69, 9.17) is 16.3 Å². The summed E-state index contributed by atoms with van der Waals surface area (Å²) in [5.41, 5.74) is 2.55. The van der Waals surface area contributed by atoms with Gasteiger partial charge in [-0.3, -0.25) is 0 Å². The van der Waals surface area contributed by atoms with Gasteiger partial charge in [-0.1, -0.05) is 52.3 Å². The molecule has 0 amide bonds. The zero-order valence-electron chi connectivity index (χ0n) is 11.3. The second-order valence-corrected chi connectivity index (χ2v) is 6.56. The first-order chi connectivity index (χ1) is 9.67. The summed E-state index contributed by atoms with van der Waals surface area (Å²) in [5.74, 6) is 0.842. The summed E-state index contributed by atoms with van der Waals surface area (Å²) in [4.78, 5) is 0. The summed E-state index contributed by atoms with van der Waals surface area (Å²) in [7, 11) is 1.67. The van der Waals surface area contributed by atoms with Crippen molar-refractivity contribution in [1.82, 2.24) is 0 Å². The standard InChI is InChI=1S/C17H16BrClO/c1-20-13-7-8-14(15(18)11-13)16(19)17(9-10-17)12-5-3-2-4-6-12/h2-8,11,16H,9-10H2,1H3. The molecule has 0 radical (unpaired) electrons. The molecule has 20 heavy (non-hydrogen) atoms. The molecule has 104 valence electrons. The summed E-state index contributed by atoms with van der Waals surface area (Å²) in [6, 6.07) is 16.6. The Labute approximate surface area is 133 Å². The van der Waals surface area contributed by atoms with Crippen molar-refractivity contribution < 1.29 is 4.74 Å². The molecule has 1 aliphatic rings. The highest BCUT2D eigenvalue weighted by Gasteiger charge is 2.50. The van der Waals surface area contributed by atoms with Crippen LogP contribution in [0.4, 0.5) is 0 Å². The molecule has 2 aromatic rings. The molecule has 2 aromatic carbocycles. The van der Waals surface area contributed by atoms with Crippen LogP contribution in [0.1, 0.15) is 29.3 Å². The highest BCUT2D eigenvalue weighted by Crippen LogP contribution is 2.60. The molecule has 0 aliphatic heterocycles. The number of alkyl halides is 1. The van der Waals surface area contributed by atoms with Gasteiger partial charge in [0.05, 0.1) is 12.5 Å². The van der Waals surface area contributed by atoms with E-state index in [1.54, 1.807) is 7.11 Å². The van der Waals surface area contributed by atoms with Crippen LogP contribution in [-0.2, 0) is 5.41 Å². The number of halogens is 2. The van der Waals surface area contributed by atoms with Crippen molar-refractivity contribution in [3.8, 4) is 5.75 Å². The Hall–Kier alpha value is -0.990. The first-order valence-electron chi connectivity index (χ1n) is 6.70. The van der Waals surface area contributed by atoms with Crippen molar-refractivity contribution in [1.29, 1.82) is 0 Å². The molecule has 3 heteroatoms. The molecule has 1 fully saturated rings. The number of hydrogen-bond acceptors (Lipinski definition) is 1. The third kappa shape index (κ3) is 2.36. The van der Waals surface area contributed by atoms with Crippen molar-refractivity contribution in [3.05, 3.63) is 64.1 Å². The van der Waals surface area contributed by atoms with E-state index in [1.807, 2.05) is 18.2 Å². The third-order valence-corrected chi connectivity index (χ3v) is 5.44. The molecule has 1 saturated carbocycles. The lowest BCUT2D eigenvalue weighted by Gasteiger charge is -2.23. The van der Waals surface area contributed by atoms with Crippen molar-refractivity contribution in [2.24, 2.45) is 0 Å². The van der Waals surface area contributed by atoms with Crippen LogP contribution in [0.5, 0.6) is 5.75 Å². The van der Waals surface area contributed by atoms with Gasteiger partial charge in [-0.25, -0.2) is 0 Å². The monoisotopic (exact) mass is 350 g/mol. The van der Waals surface area contributed by atoms with Gasteiger partial charge in [0.2, 0.25) is 0 Å². The Morgan fingerprint density at radius 2 is 1.85 bits per heavy atom. The molecule has 1 aliphatic carbocycles. The van der Waals surface area contributed by atoms with E-state index < -0.39 is 0 Å². The quantitative estimate of drug-likeness (QED) is 0.664. The number of ether oxygens (including phenoxy) is 1. The van der Waals surface area contributed by atoms with Crippen molar-refractivity contribution in [2.45, 2.75) is 23.6 Å². The topological polar surface area (TPSA) is 9.23 Å². The average molecular weight is 352 g/mol. The Morgan fingerprint density at radius 3 is 2.40 bits per heavy atom. The average Bonchev–Trinajstić information content (AvgIpc) is 3.29. The Balaban J connectivity index is 1.95. The minimum Gasteiger partial charge on any atom is -0.497 e. The van der Waals surface area contributed by atoms with Crippen LogP contribution in [-0.4, -0.2) is 7.11 Å². The maximum Gasteiger partial charge on any atom is 0.120 e. The van der Waals surface area contributed by atoms with Crippen LogP contribution in [0.2, 0.25) is 0 Å². The molecular formula is C17H16BrClO. The number of rotatable bonds is 4. The maximum atomic E-state index is 6.82. The molecule has 0 N–H and O–H groups in total. The molecular weight excluding hydrogens is 336 g/mol. The fourth-order valence-electron chi connectivity index (χ4n) is 2.73. The van der Waals surface area contributed by atoms with Gasteiger partial charge in [-0.15, -0.1) is 11.6 Å². The summed E-state index contributed by atoms with van der Waals surface area (Å²) in [5, 5.41) is -0.0230. The Bertz CT molecular complexity index is 608. The fraction of sp³-hybridized carbons (Fsp3) is 0.294. The lowest BCUT2D eigenvalue weighted by molar-refractivity contribution is 0.414. The van der Waals surface area contributed by atoms with Crippen LogP contribution in [0.15, 0.2) is 53.0 Å². The van der Waals surface area contributed by atoms with Gasteiger partial charge in [-0.2, -0.15) is 0 Å². The number of methoxy groups -OCH3 is 1. The predicted molar refractivity (Wildman–Crippen MR) is 86.6 cm³/mol. The summed E-state index contributed by atoms with van der Waals surface area (Å²) in [6.45, 7) is 0. The molecule has 3 rings (SSSR count). The minimum absolute atomic E-state index is 0.0230. The van der Waals surface area contributed by atoms with E-state index in [9.17, 15) is 0 Å². The smallest absolute Gasteiger partial charge is 0.120 e. The van der Waals surface area contributed by atoms with Crippen LogP contribution >= 0.6 is 27.5 Å². The lowest BCUT2D eigenvalue weighted by Crippen LogP contribution is -2.14. The molecule has 1 atom stereocenters.